The summed E-state index contributed by atoms with van der Waals surface area (Å²) < 4.78 is 5.14. The molecule has 0 aromatic carbocycles. The van der Waals surface area contributed by atoms with Gasteiger partial charge in [-0.2, -0.15) is 0 Å². The lowest BCUT2D eigenvalue weighted by Crippen LogP contribution is -2.45. The third-order valence-electron chi connectivity index (χ3n) is 4.34. The van der Waals surface area contributed by atoms with Crippen molar-refractivity contribution in [3.63, 3.8) is 0 Å². The molecular formula is C13H23NO3. The number of aliphatic hydroxyl groups is 1. The Bertz CT molecular complexity index is 301. The Morgan fingerprint density at radius 2 is 2.00 bits per heavy atom. The molecule has 0 aromatic rings. The van der Waals surface area contributed by atoms with Crippen LogP contribution in [0.3, 0.4) is 0 Å². The largest absolute Gasteiger partial charge is 0.465 e. The predicted octanol–water partition coefficient (Wildman–Crippen LogP) is 1.18. The predicted molar refractivity (Wildman–Crippen MR) is 64.6 cm³/mol. The van der Waals surface area contributed by atoms with Gasteiger partial charge < -0.3 is 14.7 Å². The molecule has 2 fully saturated rings. The molecule has 0 aromatic heterocycles. The molecule has 2 aliphatic rings. The van der Waals surface area contributed by atoms with Gasteiger partial charge in [0, 0.05) is 6.54 Å². The van der Waals surface area contributed by atoms with Gasteiger partial charge in [-0.3, -0.25) is 4.79 Å². The monoisotopic (exact) mass is 241 g/mol. The lowest BCUT2D eigenvalue weighted by molar-refractivity contribution is -0.163. The van der Waals surface area contributed by atoms with E-state index in [4.69, 9.17) is 4.74 Å². The van der Waals surface area contributed by atoms with Crippen molar-refractivity contribution in [2.75, 3.05) is 26.7 Å². The van der Waals surface area contributed by atoms with Gasteiger partial charge in [0.05, 0.1) is 17.6 Å². The summed E-state index contributed by atoms with van der Waals surface area (Å²) in [5.74, 6) is -0.188. The molecule has 0 radical (unpaired) electrons. The second-order valence-corrected chi connectivity index (χ2v) is 5.49. The molecule has 0 bridgehead atoms. The number of carbonyl (C=O) groups excluding carboxylic acids is 1. The van der Waals surface area contributed by atoms with Gasteiger partial charge in [-0.1, -0.05) is 0 Å². The summed E-state index contributed by atoms with van der Waals surface area (Å²) >= 11 is 0. The fourth-order valence-corrected chi connectivity index (χ4v) is 2.99. The number of hydrogen-bond acceptors (Lipinski definition) is 4. The molecule has 1 N–H and O–H groups in total. The van der Waals surface area contributed by atoms with Crippen molar-refractivity contribution in [2.24, 2.45) is 5.41 Å². The van der Waals surface area contributed by atoms with E-state index in [9.17, 15) is 9.90 Å². The van der Waals surface area contributed by atoms with Gasteiger partial charge in [-0.25, -0.2) is 0 Å². The number of likely N-dealkylation sites (tertiary alicyclic amines) is 1. The molecule has 4 heteroatoms. The fourth-order valence-electron chi connectivity index (χ4n) is 2.99. The lowest BCUT2D eigenvalue weighted by Gasteiger charge is -2.34. The van der Waals surface area contributed by atoms with E-state index in [0.29, 0.717) is 13.0 Å². The van der Waals surface area contributed by atoms with E-state index in [2.05, 4.69) is 11.9 Å². The molecule has 0 amide bonds. The Kier molecular flexibility index (Phi) is 3.46. The van der Waals surface area contributed by atoms with Crippen LogP contribution < -0.4 is 0 Å². The Hall–Kier alpha value is -0.610. The van der Waals surface area contributed by atoms with Crippen LogP contribution in [0.15, 0.2) is 0 Å². The zero-order valence-electron chi connectivity index (χ0n) is 10.9. The average molecular weight is 241 g/mol. The van der Waals surface area contributed by atoms with Gasteiger partial charge >= 0.3 is 5.97 Å². The molecule has 1 saturated heterocycles. The highest BCUT2D eigenvalue weighted by Crippen LogP contribution is 2.58. The molecular weight excluding hydrogens is 218 g/mol. The van der Waals surface area contributed by atoms with Crippen molar-refractivity contribution in [1.29, 1.82) is 0 Å². The molecule has 98 valence electrons. The van der Waals surface area contributed by atoms with Gasteiger partial charge in [-0.05, 0) is 52.6 Å². The number of carbonyl (C=O) groups is 1. The fraction of sp³-hybridized carbons (Fsp3) is 0.923. The average Bonchev–Trinajstić information content (AvgIpc) is 3.07. The van der Waals surface area contributed by atoms with Crippen LogP contribution in [0.4, 0.5) is 0 Å². The van der Waals surface area contributed by atoms with Gasteiger partial charge in [-0.15, -0.1) is 0 Å². The molecule has 4 nitrogen and oxygen atoms in total. The standard InChI is InChI=1S/C13H23NO3/c1-3-17-11(15)12(6-7-12)13(16)5-4-9-14(2)10-8-13/h16H,3-10H2,1-2H3. The van der Waals surface area contributed by atoms with Crippen LogP contribution in [0, 0.1) is 5.41 Å². The third kappa shape index (κ3) is 2.20. The Balaban J connectivity index is 2.11. The summed E-state index contributed by atoms with van der Waals surface area (Å²) in [6.45, 7) is 4.08. The molecule has 1 aliphatic carbocycles. The maximum absolute atomic E-state index is 12.0. The highest BCUT2D eigenvalue weighted by atomic mass is 16.5. The van der Waals surface area contributed by atoms with Crippen LogP contribution in [-0.4, -0.2) is 48.3 Å². The van der Waals surface area contributed by atoms with Gasteiger partial charge in [0.1, 0.15) is 0 Å². The molecule has 1 aliphatic heterocycles. The minimum atomic E-state index is -0.843. The summed E-state index contributed by atoms with van der Waals surface area (Å²) in [6, 6.07) is 0. The normalized spacial score (nSPS) is 32.9. The SMILES string of the molecule is CCOC(=O)C1(C2(O)CCCN(C)CC2)CC1. The van der Waals surface area contributed by atoms with Crippen LogP contribution in [0.2, 0.25) is 0 Å². The van der Waals surface area contributed by atoms with E-state index in [1.165, 1.54) is 0 Å². The molecule has 1 heterocycles. The van der Waals surface area contributed by atoms with Crippen molar-refractivity contribution in [3.05, 3.63) is 0 Å². The maximum atomic E-state index is 12.0. The van der Waals surface area contributed by atoms with Crippen molar-refractivity contribution in [3.8, 4) is 0 Å². The summed E-state index contributed by atoms with van der Waals surface area (Å²) in [5, 5.41) is 10.8. The van der Waals surface area contributed by atoms with E-state index in [-0.39, 0.29) is 5.97 Å². The zero-order valence-corrected chi connectivity index (χ0v) is 10.9. The van der Waals surface area contributed by atoms with Gasteiger partial charge in [0.15, 0.2) is 0 Å². The van der Waals surface area contributed by atoms with E-state index in [0.717, 1.165) is 38.8 Å². The second kappa shape index (κ2) is 4.58. The van der Waals surface area contributed by atoms with Gasteiger partial charge in [0.2, 0.25) is 0 Å². The summed E-state index contributed by atoms with van der Waals surface area (Å²) in [4.78, 5) is 14.3. The highest BCUT2D eigenvalue weighted by molar-refractivity contribution is 5.81. The van der Waals surface area contributed by atoms with Crippen LogP contribution in [0.25, 0.3) is 0 Å². The summed E-state index contributed by atoms with van der Waals surface area (Å²) in [7, 11) is 2.07. The first-order chi connectivity index (χ1) is 8.04. The minimum Gasteiger partial charge on any atom is -0.465 e. The molecule has 0 spiro atoms. The molecule has 17 heavy (non-hydrogen) atoms. The minimum absolute atomic E-state index is 0.188. The second-order valence-electron chi connectivity index (χ2n) is 5.49. The van der Waals surface area contributed by atoms with Gasteiger partial charge in [0.25, 0.3) is 0 Å². The summed E-state index contributed by atoms with van der Waals surface area (Å²) in [5.41, 5.74) is -1.43. The molecule has 2 rings (SSSR count). The highest BCUT2D eigenvalue weighted by Gasteiger charge is 2.64. The van der Waals surface area contributed by atoms with Crippen molar-refractivity contribution >= 4 is 5.97 Å². The number of ether oxygens (including phenoxy) is 1. The first-order valence-electron chi connectivity index (χ1n) is 6.62. The third-order valence-corrected chi connectivity index (χ3v) is 4.34. The first-order valence-corrected chi connectivity index (χ1v) is 6.62. The van der Waals surface area contributed by atoms with Crippen LogP contribution in [0.5, 0.6) is 0 Å². The molecule has 1 saturated carbocycles. The Morgan fingerprint density at radius 1 is 1.29 bits per heavy atom. The maximum Gasteiger partial charge on any atom is 0.314 e. The number of esters is 1. The van der Waals surface area contributed by atoms with Crippen LogP contribution in [-0.2, 0) is 9.53 Å². The van der Waals surface area contributed by atoms with E-state index >= 15 is 0 Å². The van der Waals surface area contributed by atoms with E-state index in [1.807, 2.05) is 6.92 Å². The zero-order chi connectivity index (χ0) is 12.5. The lowest BCUT2D eigenvalue weighted by atomic mass is 9.78. The molecule has 1 unspecified atom stereocenters. The Labute approximate surface area is 103 Å². The van der Waals surface area contributed by atoms with E-state index < -0.39 is 11.0 Å². The van der Waals surface area contributed by atoms with Crippen LogP contribution in [0.1, 0.15) is 39.0 Å². The van der Waals surface area contributed by atoms with Crippen molar-refractivity contribution in [2.45, 2.75) is 44.6 Å². The number of hydrogen-bond donors (Lipinski definition) is 1. The smallest absolute Gasteiger partial charge is 0.314 e. The number of rotatable bonds is 3. The van der Waals surface area contributed by atoms with E-state index in [1.54, 1.807) is 0 Å². The van der Waals surface area contributed by atoms with Crippen LogP contribution >= 0.6 is 0 Å². The van der Waals surface area contributed by atoms with Crippen molar-refractivity contribution < 1.29 is 14.6 Å². The summed E-state index contributed by atoms with van der Waals surface area (Å²) in [6.07, 6.45) is 3.92. The number of nitrogens with zero attached hydrogens (tertiary/aromatic N) is 1. The Morgan fingerprint density at radius 3 is 2.59 bits per heavy atom. The van der Waals surface area contributed by atoms with Crippen molar-refractivity contribution in [1.82, 2.24) is 4.90 Å². The quantitative estimate of drug-likeness (QED) is 0.754. The molecule has 1 atom stereocenters. The first kappa shape index (κ1) is 12.8. The topological polar surface area (TPSA) is 49.8 Å².